The Morgan fingerprint density at radius 2 is 2.32 bits per heavy atom. The minimum absolute atomic E-state index is 0.0568. The molecule has 0 spiro atoms. The molecule has 1 fully saturated rings. The molecule has 0 saturated carbocycles. The van der Waals surface area contributed by atoms with Crippen LogP contribution in [0.5, 0.6) is 5.75 Å². The van der Waals surface area contributed by atoms with Crippen LogP contribution < -0.4 is 4.74 Å². The number of esters is 1. The third-order valence-electron chi connectivity index (χ3n) is 3.67. The van der Waals surface area contributed by atoms with Gasteiger partial charge in [0.25, 0.3) is 0 Å². The molecule has 1 aromatic rings. The molecule has 1 unspecified atom stereocenters. The molecule has 102 valence electrons. The quantitative estimate of drug-likeness (QED) is 0.616. The van der Waals surface area contributed by atoms with E-state index < -0.39 is 0 Å². The summed E-state index contributed by atoms with van der Waals surface area (Å²) in [5, 5.41) is 0. The molecule has 1 aliphatic heterocycles. The number of hydrogen-bond donors (Lipinski definition) is 0. The number of hydrogen-bond acceptors (Lipinski definition) is 3. The highest BCUT2D eigenvalue weighted by molar-refractivity contribution is 5.73. The number of rotatable bonds is 4. The van der Waals surface area contributed by atoms with Crippen molar-refractivity contribution >= 4 is 5.97 Å². The fourth-order valence-corrected chi connectivity index (χ4v) is 2.59. The van der Waals surface area contributed by atoms with E-state index in [1.54, 1.807) is 13.2 Å². The van der Waals surface area contributed by atoms with Gasteiger partial charge in [-0.1, -0.05) is 18.2 Å². The highest BCUT2D eigenvalue weighted by atomic mass is 16.5. The Balaban J connectivity index is 2.15. The van der Waals surface area contributed by atoms with E-state index in [0.717, 1.165) is 17.7 Å². The number of ether oxygens (including phenoxy) is 2. The van der Waals surface area contributed by atoms with Crippen LogP contribution in [0.25, 0.3) is 0 Å². The van der Waals surface area contributed by atoms with E-state index >= 15 is 0 Å². The summed E-state index contributed by atoms with van der Waals surface area (Å²) in [7, 11) is 1.67. The average Bonchev–Trinajstić information content (AvgIpc) is 2.41. The first kappa shape index (κ1) is 13.7. The van der Waals surface area contributed by atoms with Crippen molar-refractivity contribution in [3.8, 4) is 5.75 Å². The molecule has 0 amide bonds. The maximum atomic E-state index is 11.6. The minimum atomic E-state index is -0.0959. The molecule has 2 atom stereocenters. The van der Waals surface area contributed by atoms with Crippen molar-refractivity contribution in [3.63, 3.8) is 0 Å². The van der Waals surface area contributed by atoms with Crippen LogP contribution in [0.3, 0.4) is 0 Å². The predicted molar refractivity (Wildman–Crippen MR) is 74.4 cm³/mol. The van der Waals surface area contributed by atoms with E-state index in [1.165, 1.54) is 5.56 Å². The molecule has 1 saturated heterocycles. The first-order valence-corrected chi connectivity index (χ1v) is 6.57. The van der Waals surface area contributed by atoms with Crippen molar-refractivity contribution in [2.24, 2.45) is 5.92 Å². The summed E-state index contributed by atoms with van der Waals surface area (Å²) in [5.41, 5.74) is 2.32. The molecule has 1 heterocycles. The molecule has 0 radical (unpaired) electrons. The van der Waals surface area contributed by atoms with E-state index in [1.807, 2.05) is 13.0 Å². The highest BCUT2D eigenvalue weighted by Gasteiger charge is 2.30. The van der Waals surface area contributed by atoms with Gasteiger partial charge in [-0.05, 0) is 37.0 Å². The van der Waals surface area contributed by atoms with Crippen molar-refractivity contribution in [1.82, 2.24) is 0 Å². The lowest BCUT2D eigenvalue weighted by Gasteiger charge is -2.28. The van der Waals surface area contributed by atoms with E-state index in [4.69, 9.17) is 9.47 Å². The van der Waals surface area contributed by atoms with Gasteiger partial charge in [0.1, 0.15) is 5.75 Å². The number of cyclic esters (lactones) is 1. The van der Waals surface area contributed by atoms with Crippen LogP contribution in [0.1, 0.15) is 29.9 Å². The monoisotopic (exact) mass is 260 g/mol. The summed E-state index contributed by atoms with van der Waals surface area (Å²) in [4.78, 5) is 11.6. The molecular weight excluding hydrogens is 240 g/mol. The Morgan fingerprint density at radius 1 is 1.53 bits per heavy atom. The van der Waals surface area contributed by atoms with Crippen molar-refractivity contribution in [1.29, 1.82) is 0 Å². The molecule has 0 bridgehead atoms. The Bertz CT molecular complexity index is 479. The molecule has 2 rings (SSSR count). The zero-order valence-corrected chi connectivity index (χ0v) is 11.5. The molecule has 3 heteroatoms. The molecule has 3 nitrogen and oxygen atoms in total. The maximum Gasteiger partial charge on any atom is 0.309 e. The third kappa shape index (κ3) is 2.98. The lowest BCUT2D eigenvalue weighted by molar-refractivity contribution is -0.153. The van der Waals surface area contributed by atoms with Gasteiger partial charge < -0.3 is 9.47 Å². The van der Waals surface area contributed by atoms with Gasteiger partial charge in [0.2, 0.25) is 0 Å². The van der Waals surface area contributed by atoms with Gasteiger partial charge in [-0.15, -0.1) is 6.58 Å². The van der Waals surface area contributed by atoms with Crippen LogP contribution >= 0.6 is 0 Å². The van der Waals surface area contributed by atoms with Crippen LogP contribution in [0.15, 0.2) is 30.9 Å². The average molecular weight is 260 g/mol. The molecule has 1 aliphatic rings. The van der Waals surface area contributed by atoms with Gasteiger partial charge in [0.05, 0.1) is 19.6 Å². The second-order valence-corrected chi connectivity index (χ2v) is 5.01. The van der Waals surface area contributed by atoms with Gasteiger partial charge in [-0.2, -0.15) is 0 Å². The van der Waals surface area contributed by atoms with Crippen LogP contribution in [-0.4, -0.2) is 19.7 Å². The fraction of sp³-hybridized carbons (Fsp3) is 0.438. The topological polar surface area (TPSA) is 35.5 Å². The normalized spacial score (nSPS) is 22.7. The van der Waals surface area contributed by atoms with Crippen molar-refractivity contribution in [2.45, 2.75) is 25.7 Å². The van der Waals surface area contributed by atoms with Gasteiger partial charge in [0.15, 0.2) is 0 Å². The Kier molecular flexibility index (Phi) is 4.25. The van der Waals surface area contributed by atoms with E-state index in [2.05, 4.69) is 18.7 Å². The zero-order chi connectivity index (χ0) is 13.8. The second-order valence-electron chi connectivity index (χ2n) is 5.01. The molecule has 0 aromatic heterocycles. The summed E-state index contributed by atoms with van der Waals surface area (Å²) >= 11 is 0. The third-order valence-corrected chi connectivity index (χ3v) is 3.67. The largest absolute Gasteiger partial charge is 0.496 e. The molecular formula is C16H20O3. The van der Waals surface area contributed by atoms with E-state index in [-0.39, 0.29) is 17.8 Å². The summed E-state index contributed by atoms with van der Waals surface area (Å²) in [6, 6.07) is 6.15. The first-order valence-electron chi connectivity index (χ1n) is 6.57. The van der Waals surface area contributed by atoms with Crippen LogP contribution in [0, 0.1) is 12.8 Å². The summed E-state index contributed by atoms with van der Waals surface area (Å²) in [6.07, 6.45) is 3.30. The number of carbonyl (C=O) groups excluding carboxylic acids is 1. The van der Waals surface area contributed by atoms with Crippen molar-refractivity contribution in [3.05, 3.63) is 42.0 Å². The summed E-state index contributed by atoms with van der Waals surface area (Å²) < 4.78 is 10.6. The molecule has 1 aromatic carbocycles. The zero-order valence-electron chi connectivity index (χ0n) is 11.5. The number of methoxy groups -OCH3 is 1. The fourth-order valence-electron chi connectivity index (χ4n) is 2.59. The lowest BCUT2D eigenvalue weighted by Crippen LogP contribution is -2.29. The van der Waals surface area contributed by atoms with E-state index in [0.29, 0.717) is 13.0 Å². The summed E-state index contributed by atoms with van der Waals surface area (Å²) in [5.74, 6) is 1.01. The Morgan fingerprint density at radius 3 is 2.95 bits per heavy atom. The molecule has 0 N–H and O–H groups in total. The van der Waals surface area contributed by atoms with Crippen molar-refractivity contribution < 1.29 is 14.3 Å². The minimum Gasteiger partial charge on any atom is -0.496 e. The predicted octanol–water partition coefficient (Wildman–Crippen LogP) is 3.23. The van der Waals surface area contributed by atoms with Gasteiger partial charge >= 0.3 is 5.97 Å². The number of carbonyl (C=O) groups is 1. The highest BCUT2D eigenvalue weighted by Crippen LogP contribution is 2.33. The number of aryl methyl sites for hydroxylation is 1. The molecule has 0 aliphatic carbocycles. The smallest absolute Gasteiger partial charge is 0.309 e. The van der Waals surface area contributed by atoms with E-state index in [9.17, 15) is 4.79 Å². The first-order chi connectivity index (χ1) is 9.15. The Hall–Kier alpha value is -1.77. The second kappa shape index (κ2) is 5.91. The lowest BCUT2D eigenvalue weighted by atomic mass is 9.85. The van der Waals surface area contributed by atoms with Crippen LogP contribution in [0.4, 0.5) is 0 Å². The number of allylic oxidation sites excluding steroid dienone is 1. The maximum absolute atomic E-state index is 11.6. The van der Waals surface area contributed by atoms with Gasteiger partial charge in [0, 0.05) is 5.92 Å². The Labute approximate surface area is 114 Å². The van der Waals surface area contributed by atoms with Crippen LogP contribution in [0.2, 0.25) is 0 Å². The number of benzene rings is 1. The van der Waals surface area contributed by atoms with Crippen molar-refractivity contribution in [2.75, 3.05) is 13.7 Å². The summed E-state index contributed by atoms with van der Waals surface area (Å²) in [6.45, 7) is 6.20. The van der Waals surface area contributed by atoms with Gasteiger partial charge in [-0.3, -0.25) is 4.79 Å². The standard InChI is InChI=1S/C16H20O3/c1-4-5-13-9-14(10-19-16(13)17)12-6-7-15(18-3)11(2)8-12/h4,6-8,13-14H,1,5,9-10H2,2-3H3/t13?,14-/m1/s1. The van der Waals surface area contributed by atoms with Gasteiger partial charge in [-0.25, -0.2) is 0 Å². The molecule has 19 heavy (non-hydrogen) atoms. The SMILES string of the molecule is C=CCC1C[C@@H](c2ccc(OC)c(C)c2)COC1=O. The van der Waals surface area contributed by atoms with Crippen LogP contribution in [-0.2, 0) is 9.53 Å².